The lowest BCUT2D eigenvalue weighted by atomic mass is 9.78. The van der Waals surface area contributed by atoms with Crippen LogP contribution in [0.25, 0.3) is 0 Å². The van der Waals surface area contributed by atoms with E-state index < -0.39 is 5.97 Å². The van der Waals surface area contributed by atoms with E-state index in [9.17, 15) is 9.59 Å². The van der Waals surface area contributed by atoms with Crippen LogP contribution in [0.5, 0.6) is 0 Å². The number of likely N-dealkylation sites (tertiary alicyclic amines) is 1. The van der Waals surface area contributed by atoms with Crippen molar-refractivity contribution in [2.45, 2.75) is 57.7 Å². The molecule has 0 atom stereocenters. The molecule has 0 aromatic rings. The van der Waals surface area contributed by atoms with E-state index in [2.05, 4.69) is 43.9 Å². The number of rotatable bonds is 4. The van der Waals surface area contributed by atoms with Crippen LogP contribution in [0.3, 0.4) is 0 Å². The number of esters is 2. The molecule has 0 amide bonds. The Hall–Kier alpha value is -1.78. The Morgan fingerprint density at radius 2 is 1.67 bits per heavy atom. The van der Waals surface area contributed by atoms with Crippen LogP contribution in [-0.4, -0.2) is 41.1 Å². The second-order valence-corrected chi connectivity index (χ2v) is 6.51. The van der Waals surface area contributed by atoms with Crippen molar-refractivity contribution in [3.63, 3.8) is 0 Å². The van der Waals surface area contributed by atoms with Crippen molar-refractivity contribution >= 4 is 11.9 Å². The smallest absolute Gasteiger partial charge is 0.331 e. The Bertz CT molecular complexity index is 433. The van der Waals surface area contributed by atoms with Crippen molar-refractivity contribution in [3.05, 3.63) is 24.9 Å². The van der Waals surface area contributed by atoms with Gasteiger partial charge in [0.05, 0.1) is 7.11 Å². The fourth-order valence-corrected chi connectivity index (χ4v) is 3.11. The maximum absolute atomic E-state index is 11.4. The molecule has 1 aliphatic rings. The Morgan fingerprint density at radius 3 is 2.10 bits per heavy atom. The first kappa shape index (κ1) is 17.3. The van der Waals surface area contributed by atoms with E-state index in [1.165, 1.54) is 19.3 Å². The molecule has 0 aromatic heterocycles. The van der Waals surface area contributed by atoms with Gasteiger partial charge in [-0.3, -0.25) is 0 Å². The predicted octanol–water partition coefficient (Wildman–Crippen LogP) is 2.42. The number of hydrogen-bond donors (Lipinski definition) is 0. The van der Waals surface area contributed by atoms with Gasteiger partial charge in [0, 0.05) is 42.3 Å². The number of nitrogens with zero attached hydrogens (tertiary/aromatic N) is 1. The summed E-state index contributed by atoms with van der Waals surface area (Å²) in [6, 6.07) is 0. The van der Waals surface area contributed by atoms with Gasteiger partial charge in [-0.1, -0.05) is 6.58 Å². The summed E-state index contributed by atoms with van der Waals surface area (Å²) in [5.41, 5.74) is -0.503. The largest absolute Gasteiger partial charge is 0.466 e. The number of methoxy groups -OCH3 is 1. The van der Waals surface area contributed by atoms with Crippen LogP contribution in [-0.2, 0) is 19.1 Å². The Balaban J connectivity index is 2.93. The lowest BCUT2D eigenvalue weighted by Gasteiger charge is -2.54. The topological polar surface area (TPSA) is 55.8 Å². The third kappa shape index (κ3) is 4.34. The summed E-state index contributed by atoms with van der Waals surface area (Å²) in [5, 5.41) is 0. The predicted molar refractivity (Wildman–Crippen MR) is 80.5 cm³/mol. The normalized spacial score (nSPS) is 21.1. The molecule has 0 N–H and O–H groups in total. The molecule has 21 heavy (non-hydrogen) atoms. The second-order valence-electron chi connectivity index (χ2n) is 6.51. The van der Waals surface area contributed by atoms with Crippen LogP contribution in [0.2, 0.25) is 0 Å². The molecule has 0 aromatic carbocycles. The SMILES string of the molecule is C=CC(=O)OC1CC(C)(C)N(/C=C/C(=O)OC)C(C)(C)C1. The molecule has 1 heterocycles. The molecule has 0 radical (unpaired) electrons. The zero-order chi connectivity index (χ0) is 16.3. The highest BCUT2D eigenvalue weighted by molar-refractivity contribution is 5.82. The van der Waals surface area contributed by atoms with E-state index in [0.29, 0.717) is 12.8 Å². The van der Waals surface area contributed by atoms with Crippen LogP contribution >= 0.6 is 0 Å². The van der Waals surface area contributed by atoms with Gasteiger partial charge >= 0.3 is 11.9 Å². The van der Waals surface area contributed by atoms with E-state index in [0.717, 1.165) is 0 Å². The fourth-order valence-electron chi connectivity index (χ4n) is 3.11. The summed E-state index contributed by atoms with van der Waals surface area (Å²) in [4.78, 5) is 24.8. The summed E-state index contributed by atoms with van der Waals surface area (Å²) >= 11 is 0. The van der Waals surface area contributed by atoms with Crippen molar-refractivity contribution < 1.29 is 19.1 Å². The maximum Gasteiger partial charge on any atom is 0.331 e. The summed E-state index contributed by atoms with van der Waals surface area (Å²) < 4.78 is 10.0. The van der Waals surface area contributed by atoms with Gasteiger partial charge in [0.25, 0.3) is 0 Å². The lowest BCUT2D eigenvalue weighted by molar-refractivity contribution is -0.151. The van der Waals surface area contributed by atoms with Gasteiger partial charge in [-0.2, -0.15) is 0 Å². The molecule has 0 unspecified atom stereocenters. The zero-order valence-corrected chi connectivity index (χ0v) is 13.5. The van der Waals surface area contributed by atoms with Gasteiger partial charge in [-0.25, -0.2) is 9.59 Å². The first-order valence-electron chi connectivity index (χ1n) is 7.01. The average Bonchev–Trinajstić information content (AvgIpc) is 2.35. The molecule has 0 spiro atoms. The van der Waals surface area contributed by atoms with Gasteiger partial charge < -0.3 is 14.4 Å². The van der Waals surface area contributed by atoms with Gasteiger partial charge in [0.2, 0.25) is 0 Å². The highest BCUT2D eigenvalue weighted by Gasteiger charge is 2.44. The number of hydrogen-bond acceptors (Lipinski definition) is 5. The summed E-state index contributed by atoms with van der Waals surface area (Å²) in [7, 11) is 1.35. The number of carbonyl (C=O) groups excluding carboxylic acids is 2. The van der Waals surface area contributed by atoms with E-state index in [-0.39, 0.29) is 23.2 Å². The van der Waals surface area contributed by atoms with Crippen molar-refractivity contribution in [2.75, 3.05) is 7.11 Å². The van der Waals surface area contributed by atoms with E-state index >= 15 is 0 Å². The van der Waals surface area contributed by atoms with Gasteiger partial charge in [-0.15, -0.1) is 0 Å². The third-order valence-electron chi connectivity index (χ3n) is 3.77. The quantitative estimate of drug-likeness (QED) is 0.589. The molecule has 1 rings (SSSR count). The van der Waals surface area contributed by atoms with Crippen LogP contribution < -0.4 is 0 Å². The Labute approximate surface area is 126 Å². The fraction of sp³-hybridized carbons (Fsp3) is 0.625. The lowest BCUT2D eigenvalue weighted by Crippen LogP contribution is -2.59. The van der Waals surface area contributed by atoms with Gasteiger partial charge in [0.1, 0.15) is 6.10 Å². The third-order valence-corrected chi connectivity index (χ3v) is 3.77. The minimum absolute atomic E-state index is 0.164. The summed E-state index contributed by atoms with van der Waals surface area (Å²) in [6.07, 6.45) is 5.56. The first-order valence-corrected chi connectivity index (χ1v) is 7.01. The molecule has 0 bridgehead atoms. The minimum Gasteiger partial charge on any atom is -0.466 e. The Morgan fingerprint density at radius 1 is 1.14 bits per heavy atom. The van der Waals surface area contributed by atoms with Crippen LogP contribution in [0.4, 0.5) is 0 Å². The Kier molecular flexibility index (Phi) is 5.20. The molecule has 5 heteroatoms. The molecular weight excluding hydrogens is 270 g/mol. The highest BCUT2D eigenvalue weighted by atomic mass is 16.5. The maximum atomic E-state index is 11.4. The van der Waals surface area contributed by atoms with E-state index in [4.69, 9.17) is 4.74 Å². The molecule has 5 nitrogen and oxygen atoms in total. The number of ether oxygens (including phenoxy) is 2. The average molecular weight is 295 g/mol. The molecule has 1 fully saturated rings. The highest BCUT2D eigenvalue weighted by Crippen LogP contribution is 2.39. The van der Waals surface area contributed by atoms with Crippen molar-refractivity contribution in [2.24, 2.45) is 0 Å². The van der Waals surface area contributed by atoms with Crippen LogP contribution in [0.15, 0.2) is 24.9 Å². The number of piperidine rings is 1. The zero-order valence-electron chi connectivity index (χ0n) is 13.5. The first-order chi connectivity index (χ1) is 9.62. The standard InChI is InChI=1S/C16H25NO4/c1-7-13(18)21-12-10-15(2,3)17(16(4,5)11-12)9-8-14(19)20-6/h7-9,12H,1,10-11H2,2-6H3/b9-8+. The van der Waals surface area contributed by atoms with Crippen LogP contribution in [0, 0.1) is 0 Å². The van der Waals surface area contributed by atoms with Gasteiger partial charge in [-0.05, 0) is 27.7 Å². The minimum atomic E-state index is -0.398. The molecule has 0 aliphatic carbocycles. The molecule has 1 saturated heterocycles. The monoisotopic (exact) mass is 295 g/mol. The van der Waals surface area contributed by atoms with Crippen LogP contribution in [0.1, 0.15) is 40.5 Å². The summed E-state index contributed by atoms with van der Waals surface area (Å²) in [5.74, 6) is -0.785. The molecule has 1 aliphatic heterocycles. The van der Waals surface area contributed by atoms with Crippen molar-refractivity contribution in [1.82, 2.24) is 4.90 Å². The van der Waals surface area contributed by atoms with Gasteiger partial charge in [0.15, 0.2) is 0 Å². The molecule has 0 saturated carbocycles. The number of carbonyl (C=O) groups is 2. The van der Waals surface area contributed by atoms with Crippen molar-refractivity contribution in [1.29, 1.82) is 0 Å². The molecular formula is C16H25NO4. The van der Waals surface area contributed by atoms with E-state index in [1.807, 2.05) is 0 Å². The molecule has 118 valence electrons. The van der Waals surface area contributed by atoms with Crippen molar-refractivity contribution in [3.8, 4) is 0 Å². The van der Waals surface area contributed by atoms with E-state index in [1.54, 1.807) is 6.20 Å². The summed E-state index contributed by atoms with van der Waals surface area (Å²) in [6.45, 7) is 11.7. The second kappa shape index (κ2) is 6.33.